The summed E-state index contributed by atoms with van der Waals surface area (Å²) in [5.74, 6) is 1.08. The fourth-order valence-electron chi connectivity index (χ4n) is 2.38. The van der Waals surface area contributed by atoms with Gasteiger partial charge in [-0.25, -0.2) is 15.0 Å². The molecule has 0 aliphatic heterocycles. The zero-order chi connectivity index (χ0) is 15.6. The summed E-state index contributed by atoms with van der Waals surface area (Å²) < 4.78 is 2.01. The van der Waals surface area contributed by atoms with Crippen molar-refractivity contribution >= 4 is 11.2 Å². The minimum atomic E-state index is -0.190. The molecule has 112 valence electrons. The first kappa shape index (κ1) is 15.4. The summed E-state index contributed by atoms with van der Waals surface area (Å²) in [6, 6.07) is 2.42. The third-order valence-electron chi connectivity index (χ3n) is 3.71. The van der Waals surface area contributed by atoms with Crippen molar-refractivity contribution in [3.05, 3.63) is 17.8 Å². The minimum absolute atomic E-state index is 0.190. The lowest BCUT2D eigenvalue weighted by atomic mass is 10.1. The Hall–Kier alpha value is -1.96. The monoisotopic (exact) mass is 285 g/mol. The van der Waals surface area contributed by atoms with Crippen LogP contribution in [0.25, 0.3) is 11.2 Å². The van der Waals surface area contributed by atoms with E-state index in [-0.39, 0.29) is 5.41 Å². The average Bonchev–Trinajstić information content (AvgIpc) is 3.15. The molecule has 0 unspecified atom stereocenters. The molecule has 3 rings (SSSR count). The SMILES string of the molecule is CC.Cc1nc(C(C)C)c2ncn(CC3(C#N)CC3)c2n1. The number of nitriles is 1. The standard InChI is InChI=1S/C14H17N5.C2H6/c1-9(2)11-12-13(18-10(3)17-11)19(8-16-12)7-14(6-15)4-5-14;1-2/h8-9H,4-5,7H2,1-3H3;1-2H3. The molecule has 2 heterocycles. The summed E-state index contributed by atoms with van der Waals surface area (Å²) in [6.07, 6.45) is 3.75. The van der Waals surface area contributed by atoms with Crippen molar-refractivity contribution in [2.24, 2.45) is 5.41 Å². The van der Waals surface area contributed by atoms with Gasteiger partial charge in [-0.2, -0.15) is 5.26 Å². The second-order valence-electron chi connectivity index (χ2n) is 5.75. The van der Waals surface area contributed by atoms with Gasteiger partial charge in [-0.15, -0.1) is 0 Å². The van der Waals surface area contributed by atoms with Crippen LogP contribution < -0.4 is 0 Å². The number of hydrogen-bond acceptors (Lipinski definition) is 4. The number of hydrogen-bond donors (Lipinski definition) is 0. The number of aryl methyl sites for hydroxylation is 1. The highest BCUT2D eigenvalue weighted by atomic mass is 15.1. The van der Waals surface area contributed by atoms with Gasteiger partial charge in [-0.3, -0.25) is 0 Å². The van der Waals surface area contributed by atoms with Crippen molar-refractivity contribution in [1.82, 2.24) is 19.5 Å². The van der Waals surface area contributed by atoms with Crippen molar-refractivity contribution in [1.29, 1.82) is 5.26 Å². The van der Waals surface area contributed by atoms with Gasteiger partial charge >= 0.3 is 0 Å². The van der Waals surface area contributed by atoms with Crippen LogP contribution in [-0.4, -0.2) is 19.5 Å². The molecule has 1 aliphatic rings. The molecule has 0 atom stereocenters. The Balaban J connectivity index is 0.000000774. The summed E-state index contributed by atoms with van der Waals surface area (Å²) in [5, 5.41) is 9.21. The summed E-state index contributed by atoms with van der Waals surface area (Å²) in [7, 11) is 0. The van der Waals surface area contributed by atoms with Crippen LogP contribution in [0, 0.1) is 23.7 Å². The van der Waals surface area contributed by atoms with Crippen molar-refractivity contribution in [3.8, 4) is 6.07 Å². The molecule has 0 bridgehead atoms. The highest BCUT2D eigenvalue weighted by molar-refractivity contribution is 5.74. The second kappa shape index (κ2) is 5.80. The van der Waals surface area contributed by atoms with E-state index in [4.69, 9.17) is 0 Å². The Morgan fingerprint density at radius 2 is 2.00 bits per heavy atom. The molecular weight excluding hydrogens is 262 g/mol. The first-order chi connectivity index (χ1) is 10.0. The molecule has 1 saturated carbocycles. The minimum Gasteiger partial charge on any atom is -0.314 e. The summed E-state index contributed by atoms with van der Waals surface area (Å²) in [5.41, 5.74) is 2.53. The van der Waals surface area contributed by atoms with Crippen LogP contribution in [0.5, 0.6) is 0 Å². The molecule has 5 heteroatoms. The van der Waals surface area contributed by atoms with E-state index in [1.807, 2.05) is 25.3 Å². The molecule has 1 fully saturated rings. The largest absolute Gasteiger partial charge is 0.314 e. The third-order valence-corrected chi connectivity index (χ3v) is 3.71. The number of aromatic nitrogens is 4. The molecule has 5 nitrogen and oxygen atoms in total. The maximum absolute atomic E-state index is 9.21. The zero-order valence-corrected chi connectivity index (χ0v) is 13.5. The van der Waals surface area contributed by atoms with E-state index in [0.29, 0.717) is 12.5 Å². The zero-order valence-electron chi connectivity index (χ0n) is 13.5. The first-order valence-electron chi connectivity index (χ1n) is 7.65. The van der Waals surface area contributed by atoms with Gasteiger partial charge in [0.25, 0.3) is 0 Å². The van der Waals surface area contributed by atoms with Crippen molar-refractivity contribution in [3.63, 3.8) is 0 Å². The highest BCUT2D eigenvalue weighted by Gasteiger charge is 2.43. The van der Waals surface area contributed by atoms with Gasteiger partial charge in [0.1, 0.15) is 11.3 Å². The molecule has 2 aromatic rings. The fourth-order valence-corrected chi connectivity index (χ4v) is 2.38. The third kappa shape index (κ3) is 2.90. The van der Waals surface area contributed by atoms with Gasteiger partial charge in [0, 0.05) is 6.54 Å². The van der Waals surface area contributed by atoms with E-state index >= 15 is 0 Å². The highest BCUT2D eigenvalue weighted by Crippen LogP contribution is 2.46. The summed E-state index contributed by atoms with van der Waals surface area (Å²) in [4.78, 5) is 13.5. The van der Waals surface area contributed by atoms with Crippen LogP contribution >= 0.6 is 0 Å². The molecule has 0 N–H and O–H groups in total. The van der Waals surface area contributed by atoms with Gasteiger partial charge in [0.05, 0.1) is 23.5 Å². The van der Waals surface area contributed by atoms with Crippen LogP contribution in [0.4, 0.5) is 0 Å². The molecule has 21 heavy (non-hydrogen) atoms. The number of rotatable bonds is 3. The number of fused-ring (bicyclic) bond motifs is 1. The molecule has 0 radical (unpaired) electrons. The Kier molecular flexibility index (Phi) is 4.26. The molecule has 1 aliphatic carbocycles. The molecule has 0 amide bonds. The Morgan fingerprint density at radius 1 is 1.33 bits per heavy atom. The van der Waals surface area contributed by atoms with Crippen LogP contribution in [0.2, 0.25) is 0 Å². The smallest absolute Gasteiger partial charge is 0.163 e. The van der Waals surface area contributed by atoms with E-state index in [0.717, 1.165) is 35.5 Å². The summed E-state index contributed by atoms with van der Waals surface area (Å²) >= 11 is 0. The maximum Gasteiger partial charge on any atom is 0.163 e. The number of imidazole rings is 1. The first-order valence-corrected chi connectivity index (χ1v) is 7.65. The van der Waals surface area contributed by atoms with Gasteiger partial charge in [0.15, 0.2) is 5.65 Å². The molecular formula is C16H23N5. The molecule has 2 aromatic heterocycles. The average molecular weight is 285 g/mol. The van der Waals surface area contributed by atoms with Crippen molar-refractivity contribution in [2.75, 3.05) is 0 Å². The van der Waals surface area contributed by atoms with Crippen LogP contribution in [0.15, 0.2) is 6.33 Å². The number of nitrogens with zero attached hydrogens (tertiary/aromatic N) is 5. The normalized spacial score (nSPS) is 15.5. The summed E-state index contributed by atoms with van der Waals surface area (Å²) in [6.45, 7) is 10.8. The van der Waals surface area contributed by atoms with E-state index < -0.39 is 0 Å². The lowest BCUT2D eigenvalue weighted by Crippen LogP contribution is -2.10. The molecule has 0 aromatic carbocycles. The van der Waals surface area contributed by atoms with E-state index in [2.05, 4.69) is 34.9 Å². The lowest BCUT2D eigenvalue weighted by molar-refractivity contribution is 0.535. The van der Waals surface area contributed by atoms with Gasteiger partial charge < -0.3 is 4.57 Å². The van der Waals surface area contributed by atoms with Crippen LogP contribution in [-0.2, 0) is 6.54 Å². The molecule has 0 saturated heterocycles. The second-order valence-corrected chi connectivity index (χ2v) is 5.75. The van der Waals surface area contributed by atoms with Gasteiger partial charge in [0.2, 0.25) is 0 Å². The van der Waals surface area contributed by atoms with E-state index in [1.54, 1.807) is 6.33 Å². The van der Waals surface area contributed by atoms with Gasteiger partial charge in [-0.05, 0) is 25.7 Å². The van der Waals surface area contributed by atoms with E-state index in [9.17, 15) is 5.26 Å². The predicted octanol–water partition coefficient (Wildman–Crippen LogP) is 3.59. The van der Waals surface area contributed by atoms with Crippen molar-refractivity contribution < 1.29 is 0 Å². The Labute approximate surface area is 126 Å². The predicted molar refractivity (Wildman–Crippen MR) is 82.8 cm³/mol. The van der Waals surface area contributed by atoms with Crippen molar-refractivity contribution in [2.45, 2.75) is 59.9 Å². The molecule has 0 spiro atoms. The van der Waals surface area contributed by atoms with E-state index in [1.165, 1.54) is 0 Å². The Bertz CT molecular complexity index is 674. The maximum atomic E-state index is 9.21. The topological polar surface area (TPSA) is 67.4 Å². The fraction of sp³-hybridized carbons (Fsp3) is 0.625. The van der Waals surface area contributed by atoms with Crippen LogP contribution in [0.1, 0.15) is 58.0 Å². The van der Waals surface area contributed by atoms with Crippen LogP contribution in [0.3, 0.4) is 0 Å². The lowest BCUT2D eigenvalue weighted by Gasteiger charge is -2.09. The quantitative estimate of drug-likeness (QED) is 0.864. The Morgan fingerprint density at radius 3 is 2.52 bits per heavy atom. The van der Waals surface area contributed by atoms with Gasteiger partial charge in [-0.1, -0.05) is 27.7 Å².